The molecule has 0 radical (unpaired) electrons. The Balaban J connectivity index is 3.09. The molecule has 0 saturated heterocycles. The molecule has 0 spiro atoms. The number of carbonyl (C=O) groups is 1. The maximum Gasteiger partial charge on any atom is 0.307 e. The predicted octanol–water partition coefficient (Wildman–Crippen LogP) is 0.644. The molecule has 11 heavy (non-hydrogen) atoms. The Kier molecular flexibility index (Phi) is 7.08. The number of aliphatic hydroxyl groups excluding tert-OH is 1. The third kappa shape index (κ3) is 7.29. The van der Waals surface area contributed by atoms with Gasteiger partial charge < -0.3 is 14.6 Å². The number of hydrogen-bond donors (Lipinski definition) is 1. The highest BCUT2D eigenvalue weighted by atomic mass is 16.7. The third-order valence-electron chi connectivity index (χ3n) is 1.13. The molecule has 0 aromatic rings. The second-order valence-corrected chi connectivity index (χ2v) is 2.07. The molecule has 0 aromatic carbocycles. The van der Waals surface area contributed by atoms with Crippen LogP contribution in [0, 0.1) is 0 Å². The summed E-state index contributed by atoms with van der Waals surface area (Å²) >= 11 is 0. The van der Waals surface area contributed by atoms with Crippen molar-refractivity contribution in [2.45, 2.75) is 26.2 Å². The van der Waals surface area contributed by atoms with Crippen LogP contribution in [0.1, 0.15) is 26.2 Å². The van der Waals surface area contributed by atoms with E-state index in [2.05, 4.69) is 9.47 Å². The van der Waals surface area contributed by atoms with Crippen LogP contribution >= 0.6 is 0 Å². The van der Waals surface area contributed by atoms with Crippen LogP contribution in [-0.4, -0.2) is 24.7 Å². The summed E-state index contributed by atoms with van der Waals surface area (Å²) in [4.78, 5) is 10.7. The van der Waals surface area contributed by atoms with Crippen molar-refractivity contribution in [2.75, 3.05) is 13.6 Å². The van der Waals surface area contributed by atoms with Gasteiger partial charge in [-0.15, -0.1) is 0 Å². The Morgan fingerprint density at radius 1 is 1.55 bits per heavy atom. The minimum atomic E-state index is -0.416. The van der Waals surface area contributed by atoms with Gasteiger partial charge in [0.25, 0.3) is 0 Å². The van der Waals surface area contributed by atoms with Crippen LogP contribution in [0.4, 0.5) is 0 Å². The summed E-state index contributed by atoms with van der Waals surface area (Å²) in [5, 5.41) is 8.14. The second-order valence-electron chi connectivity index (χ2n) is 2.07. The average Bonchev–Trinajstić information content (AvgIpc) is 2.01. The standard InChI is InChI=1S/C7H14O4/c1-2-3-4-7(9)11-6-10-5-8/h8H,2-6H2,1H3. The van der Waals surface area contributed by atoms with E-state index in [0.717, 1.165) is 12.8 Å². The molecule has 4 heteroatoms. The molecule has 0 heterocycles. The SMILES string of the molecule is CCCCC(=O)OCOCO. The Labute approximate surface area is 66.1 Å². The first kappa shape index (κ1) is 10.4. The summed E-state index contributed by atoms with van der Waals surface area (Å²) in [7, 11) is 0. The number of hydrogen-bond acceptors (Lipinski definition) is 4. The van der Waals surface area contributed by atoms with Crippen LogP contribution in [0.15, 0.2) is 0 Å². The topological polar surface area (TPSA) is 55.8 Å². The van der Waals surface area contributed by atoms with E-state index < -0.39 is 6.79 Å². The molecule has 0 aromatic heterocycles. The van der Waals surface area contributed by atoms with Gasteiger partial charge in [-0.05, 0) is 6.42 Å². The minimum absolute atomic E-state index is 0.154. The number of unbranched alkanes of at least 4 members (excludes halogenated alkanes) is 1. The van der Waals surface area contributed by atoms with Crippen molar-refractivity contribution in [2.24, 2.45) is 0 Å². The minimum Gasteiger partial charge on any atom is -0.438 e. The zero-order chi connectivity index (χ0) is 8.53. The fourth-order valence-corrected chi connectivity index (χ4v) is 0.538. The number of rotatable bonds is 6. The van der Waals surface area contributed by atoms with Crippen molar-refractivity contribution in [3.05, 3.63) is 0 Å². The van der Waals surface area contributed by atoms with E-state index in [0.29, 0.717) is 6.42 Å². The smallest absolute Gasteiger partial charge is 0.307 e. The van der Waals surface area contributed by atoms with Crippen molar-refractivity contribution in [1.29, 1.82) is 0 Å². The summed E-state index contributed by atoms with van der Waals surface area (Å²) in [6.07, 6.45) is 2.22. The summed E-state index contributed by atoms with van der Waals surface area (Å²) in [5.74, 6) is -0.277. The first-order valence-electron chi connectivity index (χ1n) is 3.65. The van der Waals surface area contributed by atoms with Crippen molar-refractivity contribution in [3.63, 3.8) is 0 Å². The number of aliphatic hydroxyl groups is 1. The lowest BCUT2D eigenvalue weighted by atomic mass is 10.3. The highest BCUT2D eigenvalue weighted by Crippen LogP contribution is 1.95. The summed E-state index contributed by atoms with van der Waals surface area (Å²) in [6.45, 7) is 1.43. The maximum absolute atomic E-state index is 10.7. The Bertz CT molecular complexity index is 103. The van der Waals surface area contributed by atoms with E-state index in [1.54, 1.807) is 0 Å². The van der Waals surface area contributed by atoms with Crippen LogP contribution in [0.5, 0.6) is 0 Å². The molecule has 0 bridgehead atoms. The molecule has 66 valence electrons. The van der Waals surface area contributed by atoms with Gasteiger partial charge in [-0.2, -0.15) is 0 Å². The van der Waals surface area contributed by atoms with Gasteiger partial charge in [-0.1, -0.05) is 13.3 Å². The lowest BCUT2D eigenvalue weighted by Gasteiger charge is -2.02. The van der Waals surface area contributed by atoms with E-state index in [4.69, 9.17) is 5.11 Å². The zero-order valence-corrected chi connectivity index (χ0v) is 6.71. The quantitative estimate of drug-likeness (QED) is 0.354. The Hall–Kier alpha value is -0.610. The van der Waals surface area contributed by atoms with Crippen LogP contribution in [0.2, 0.25) is 0 Å². The summed E-state index contributed by atoms with van der Waals surface area (Å²) < 4.78 is 8.96. The summed E-state index contributed by atoms with van der Waals surface area (Å²) in [5.41, 5.74) is 0. The van der Waals surface area contributed by atoms with Crippen molar-refractivity contribution >= 4 is 5.97 Å². The average molecular weight is 162 g/mol. The molecule has 1 N–H and O–H groups in total. The first-order chi connectivity index (χ1) is 5.31. The summed E-state index contributed by atoms with van der Waals surface area (Å²) in [6, 6.07) is 0. The van der Waals surface area contributed by atoms with Gasteiger partial charge in [-0.25, -0.2) is 0 Å². The zero-order valence-electron chi connectivity index (χ0n) is 6.71. The maximum atomic E-state index is 10.7. The normalized spacial score (nSPS) is 9.64. The number of carbonyl (C=O) groups excluding carboxylic acids is 1. The van der Waals surface area contributed by atoms with Gasteiger partial charge in [-0.3, -0.25) is 4.79 Å². The second kappa shape index (κ2) is 7.50. The van der Waals surface area contributed by atoms with Crippen LogP contribution < -0.4 is 0 Å². The van der Waals surface area contributed by atoms with E-state index in [-0.39, 0.29) is 12.8 Å². The molecule has 0 aliphatic carbocycles. The van der Waals surface area contributed by atoms with E-state index in [1.165, 1.54) is 0 Å². The molecular weight excluding hydrogens is 148 g/mol. The fourth-order valence-electron chi connectivity index (χ4n) is 0.538. The van der Waals surface area contributed by atoms with Crippen molar-refractivity contribution in [1.82, 2.24) is 0 Å². The molecule has 0 aliphatic rings. The van der Waals surface area contributed by atoms with Crippen molar-refractivity contribution in [3.8, 4) is 0 Å². The number of ether oxygens (including phenoxy) is 2. The molecule has 0 atom stereocenters. The van der Waals surface area contributed by atoms with Crippen LogP contribution in [-0.2, 0) is 14.3 Å². The van der Waals surface area contributed by atoms with E-state index in [1.807, 2.05) is 6.92 Å². The highest BCUT2D eigenvalue weighted by molar-refractivity contribution is 5.69. The van der Waals surface area contributed by atoms with E-state index in [9.17, 15) is 4.79 Å². The molecule has 0 aliphatic heterocycles. The largest absolute Gasteiger partial charge is 0.438 e. The van der Waals surface area contributed by atoms with Crippen LogP contribution in [0.3, 0.4) is 0 Å². The van der Waals surface area contributed by atoms with Gasteiger partial charge in [0.2, 0.25) is 0 Å². The monoisotopic (exact) mass is 162 g/mol. The Morgan fingerprint density at radius 3 is 2.82 bits per heavy atom. The molecule has 0 unspecified atom stereocenters. The lowest BCUT2D eigenvalue weighted by Crippen LogP contribution is -2.08. The third-order valence-corrected chi connectivity index (χ3v) is 1.13. The molecule has 4 nitrogen and oxygen atoms in total. The van der Waals surface area contributed by atoms with E-state index >= 15 is 0 Å². The highest BCUT2D eigenvalue weighted by Gasteiger charge is 1.99. The fraction of sp³-hybridized carbons (Fsp3) is 0.857. The Morgan fingerprint density at radius 2 is 2.27 bits per heavy atom. The van der Waals surface area contributed by atoms with Gasteiger partial charge in [0.15, 0.2) is 6.79 Å². The van der Waals surface area contributed by atoms with Gasteiger partial charge >= 0.3 is 5.97 Å². The van der Waals surface area contributed by atoms with Gasteiger partial charge in [0.05, 0.1) is 0 Å². The first-order valence-corrected chi connectivity index (χ1v) is 3.65. The number of esters is 1. The van der Waals surface area contributed by atoms with Crippen LogP contribution in [0.25, 0.3) is 0 Å². The molecule has 0 fully saturated rings. The van der Waals surface area contributed by atoms with Crippen molar-refractivity contribution < 1.29 is 19.4 Å². The van der Waals surface area contributed by atoms with Gasteiger partial charge in [0.1, 0.15) is 6.79 Å². The molecular formula is C7H14O4. The predicted molar refractivity (Wildman–Crippen MR) is 38.7 cm³/mol. The van der Waals surface area contributed by atoms with Gasteiger partial charge in [0, 0.05) is 6.42 Å². The molecule has 0 amide bonds. The molecule has 0 rings (SSSR count). The molecule has 0 saturated carbocycles. The lowest BCUT2D eigenvalue weighted by molar-refractivity contribution is -0.163.